The zero-order chi connectivity index (χ0) is 14.4. The number of aliphatic carboxylic acids is 1. The van der Waals surface area contributed by atoms with Gasteiger partial charge in [-0.05, 0) is 17.2 Å². The molecule has 2 aromatic rings. The average Bonchev–Trinajstić information content (AvgIpc) is 2.46. The first kappa shape index (κ1) is 13.7. The van der Waals surface area contributed by atoms with Gasteiger partial charge in [-0.15, -0.1) is 0 Å². The number of carbonyl (C=O) groups is 2. The van der Waals surface area contributed by atoms with Crippen molar-refractivity contribution in [1.82, 2.24) is 0 Å². The SMILES string of the molecule is O=C(O)Cc1ccccc1C(=O)C=Cc1ccccc1. The highest BCUT2D eigenvalue weighted by Gasteiger charge is 2.10. The molecule has 0 aliphatic heterocycles. The fourth-order valence-corrected chi connectivity index (χ4v) is 1.90. The number of carbonyl (C=O) groups excluding carboxylic acids is 1. The Bertz CT molecular complexity index is 642. The molecule has 0 aromatic heterocycles. The molecular weight excluding hydrogens is 252 g/mol. The molecule has 0 amide bonds. The van der Waals surface area contributed by atoms with Crippen LogP contribution in [0.3, 0.4) is 0 Å². The second-order valence-electron chi connectivity index (χ2n) is 4.34. The summed E-state index contributed by atoms with van der Waals surface area (Å²) in [6.45, 7) is 0. The van der Waals surface area contributed by atoms with Crippen molar-refractivity contribution in [1.29, 1.82) is 0 Å². The third-order valence-electron chi connectivity index (χ3n) is 2.85. The maximum atomic E-state index is 12.1. The number of benzene rings is 2. The van der Waals surface area contributed by atoms with Crippen LogP contribution in [-0.4, -0.2) is 16.9 Å². The lowest BCUT2D eigenvalue weighted by Gasteiger charge is -2.03. The Kier molecular flexibility index (Phi) is 4.45. The zero-order valence-electron chi connectivity index (χ0n) is 10.8. The highest BCUT2D eigenvalue weighted by molar-refractivity contribution is 6.08. The van der Waals surface area contributed by atoms with Crippen LogP contribution in [0, 0.1) is 0 Å². The minimum atomic E-state index is -0.947. The highest BCUT2D eigenvalue weighted by Crippen LogP contribution is 2.12. The average molecular weight is 266 g/mol. The number of ketones is 1. The Labute approximate surface area is 117 Å². The van der Waals surface area contributed by atoms with Crippen molar-refractivity contribution in [3.8, 4) is 0 Å². The topological polar surface area (TPSA) is 54.4 Å². The Morgan fingerprint density at radius 1 is 0.950 bits per heavy atom. The second kappa shape index (κ2) is 6.48. The molecule has 0 heterocycles. The molecule has 0 radical (unpaired) electrons. The van der Waals surface area contributed by atoms with Crippen LogP contribution in [0.2, 0.25) is 0 Å². The van der Waals surface area contributed by atoms with Crippen molar-refractivity contribution < 1.29 is 14.7 Å². The number of allylic oxidation sites excluding steroid dienone is 1. The molecule has 0 aliphatic rings. The van der Waals surface area contributed by atoms with E-state index in [1.54, 1.807) is 30.3 Å². The van der Waals surface area contributed by atoms with Crippen LogP contribution in [0.4, 0.5) is 0 Å². The summed E-state index contributed by atoms with van der Waals surface area (Å²) in [4.78, 5) is 22.9. The third kappa shape index (κ3) is 3.65. The van der Waals surface area contributed by atoms with Crippen LogP contribution >= 0.6 is 0 Å². The van der Waals surface area contributed by atoms with E-state index in [-0.39, 0.29) is 12.2 Å². The lowest BCUT2D eigenvalue weighted by atomic mass is 10.0. The molecule has 3 heteroatoms. The van der Waals surface area contributed by atoms with Gasteiger partial charge in [-0.3, -0.25) is 9.59 Å². The Balaban J connectivity index is 2.21. The van der Waals surface area contributed by atoms with E-state index in [0.717, 1.165) is 5.56 Å². The van der Waals surface area contributed by atoms with Gasteiger partial charge in [0.15, 0.2) is 5.78 Å². The first-order chi connectivity index (χ1) is 9.66. The van der Waals surface area contributed by atoms with Gasteiger partial charge in [0.25, 0.3) is 0 Å². The van der Waals surface area contributed by atoms with E-state index < -0.39 is 5.97 Å². The molecule has 0 fully saturated rings. The maximum Gasteiger partial charge on any atom is 0.307 e. The summed E-state index contributed by atoms with van der Waals surface area (Å²) >= 11 is 0. The van der Waals surface area contributed by atoms with Crippen LogP contribution in [0.5, 0.6) is 0 Å². The van der Waals surface area contributed by atoms with Gasteiger partial charge in [-0.2, -0.15) is 0 Å². The largest absolute Gasteiger partial charge is 0.481 e. The molecule has 20 heavy (non-hydrogen) atoms. The van der Waals surface area contributed by atoms with Gasteiger partial charge in [0.2, 0.25) is 0 Å². The third-order valence-corrected chi connectivity index (χ3v) is 2.85. The molecule has 2 rings (SSSR count). The van der Waals surface area contributed by atoms with Crippen molar-refractivity contribution in [2.75, 3.05) is 0 Å². The normalized spacial score (nSPS) is 10.6. The van der Waals surface area contributed by atoms with Crippen LogP contribution in [0.1, 0.15) is 21.5 Å². The van der Waals surface area contributed by atoms with E-state index in [1.807, 2.05) is 30.3 Å². The lowest BCUT2D eigenvalue weighted by Crippen LogP contribution is -2.06. The van der Waals surface area contributed by atoms with E-state index in [1.165, 1.54) is 6.08 Å². The standard InChI is InChI=1S/C17H14O3/c18-16(11-10-13-6-2-1-3-7-13)15-9-5-4-8-14(15)12-17(19)20/h1-11H,12H2,(H,19,20). The number of carboxylic acid groups (broad SMARTS) is 1. The molecule has 1 N–H and O–H groups in total. The fraction of sp³-hybridized carbons (Fsp3) is 0.0588. The van der Waals surface area contributed by atoms with Crippen molar-refractivity contribution in [2.45, 2.75) is 6.42 Å². The van der Waals surface area contributed by atoms with Gasteiger partial charge in [-0.25, -0.2) is 0 Å². The maximum absolute atomic E-state index is 12.1. The molecular formula is C17H14O3. The van der Waals surface area contributed by atoms with Crippen molar-refractivity contribution in [3.63, 3.8) is 0 Å². The fourth-order valence-electron chi connectivity index (χ4n) is 1.90. The van der Waals surface area contributed by atoms with Crippen LogP contribution in [0.25, 0.3) is 6.08 Å². The summed E-state index contributed by atoms with van der Waals surface area (Å²) in [6.07, 6.45) is 3.04. The summed E-state index contributed by atoms with van der Waals surface area (Å²) in [5, 5.41) is 8.85. The Morgan fingerprint density at radius 2 is 1.60 bits per heavy atom. The van der Waals surface area contributed by atoms with Crippen LogP contribution in [0.15, 0.2) is 60.7 Å². The predicted molar refractivity (Wildman–Crippen MR) is 77.6 cm³/mol. The van der Waals surface area contributed by atoms with Crippen molar-refractivity contribution in [2.24, 2.45) is 0 Å². The molecule has 100 valence electrons. The Hall–Kier alpha value is -2.68. The highest BCUT2D eigenvalue weighted by atomic mass is 16.4. The molecule has 0 unspecified atom stereocenters. The van der Waals surface area contributed by atoms with Crippen molar-refractivity contribution in [3.05, 3.63) is 77.4 Å². The molecule has 0 aliphatic carbocycles. The molecule has 0 spiro atoms. The van der Waals surface area contributed by atoms with Gasteiger partial charge in [0.05, 0.1) is 6.42 Å². The van der Waals surface area contributed by atoms with Crippen LogP contribution < -0.4 is 0 Å². The summed E-state index contributed by atoms with van der Waals surface area (Å²) in [7, 11) is 0. The summed E-state index contributed by atoms with van der Waals surface area (Å²) in [6, 6.07) is 16.3. The molecule has 0 saturated carbocycles. The number of carboxylic acids is 1. The van der Waals surface area contributed by atoms with Gasteiger partial charge >= 0.3 is 5.97 Å². The summed E-state index contributed by atoms with van der Waals surface area (Å²) in [5.41, 5.74) is 1.89. The van der Waals surface area contributed by atoms with Gasteiger partial charge < -0.3 is 5.11 Å². The first-order valence-corrected chi connectivity index (χ1v) is 6.24. The predicted octanol–water partition coefficient (Wildman–Crippen LogP) is 3.21. The van der Waals surface area contributed by atoms with E-state index in [9.17, 15) is 9.59 Å². The summed E-state index contributed by atoms with van der Waals surface area (Å²) < 4.78 is 0. The molecule has 2 aromatic carbocycles. The van der Waals surface area contributed by atoms with Gasteiger partial charge in [0.1, 0.15) is 0 Å². The molecule has 0 bridgehead atoms. The van der Waals surface area contributed by atoms with E-state index in [4.69, 9.17) is 5.11 Å². The van der Waals surface area contributed by atoms with Gasteiger partial charge in [0, 0.05) is 5.56 Å². The monoisotopic (exact) mass is 266 g/mol. The number of hydrogen-bond acceptors (Lipinski definition) is 2. The van der Waals surface area contributed by atoms with E-state index in [2.05, 4.69) is 0 Å². The van der Waals surface area contributed by atoms with E-state index >= 15 is 0 Å². The number of rotatable bonds is 5. The van der Waals surface area contributed by atoms with E-state index in [0.29, 0.717) is 11.1 Å². The lowest BCUT2D eigenvalue weighted by molar-refractivity contribution is -0.136. The minimum absolute atomic E-state index is 0.152. The zero-order valence-corrected chi connectivity index (χ0v) is 10.8. The minimum Gasteiger partial charge on any atom is -0.481 e. The molecule has 3 nitrogen and oxygen atoms in total. The smallest absolute Gasteiger partial charge is 0.307 e. The molecule has 0 saturated heterocycles. The molecule has 0 atom stereocenters. The quantitative estimate of drug-likeness (QED) is 0.668. The van der Waals surface area contributed by atoms with Gasteiger partial charge in [-0.1, -0.05) is 60.7 Å². The Morgan fingerprint density at radius 3 is 2.30 bits per heavy atom. The summed E-state index contributed by atoms with van der Waals surface area (Å²) in [5.74, 6) is -1.14. The van der Waals surface area contributed by atoms with Crippen LogP contribution in [-0.2, 0) is 11.2 Å². The first-order valence-electron chi connectivity index (χ1n) is 6.24. The second-order valence-corrected chi connectivity index (χ2v) is 4.34. The van der Waals surface area contributed by atoms with Crippen molar-refractivity contribution >= 4 is 17.8 Å². The number of hydrogen-bond donors (Lipinski definition) is 1.